The van der Waals surface area contributed by atoms with Gasteiger partial charge in [0.25, 0.3) is 0 Å². The number of halogens is 2. The van der Waals surface area contributed by atoms with Crippen LogP contribution in [0.15, 0.2) is 84.2 Å². The highest BCUT2D eigenvalue weighted by Gasteiger charge is 2.18. The molecule has 7 nitrogen and oxygen atoms in total. The minimum Gasteiger partial charge on any atom is -0.495 e. The molecular weight excluding hydrogens is 492 g/mol. The Balaban J connectivity index is 1.39. The number of benzene rings is 2. The third-order valence-electron chi connectivity index (χ3n) is 5.94. The third kappa shape index (κ3) is 4.99. The fourth-order valence-electron chi connectivity index (χ4n) is 4.06. The molecule has 0 atom stereocenters. The first-order valence-electron chi connectivity index (χ1n) is 11.6. The molecule has 38 heavy (non-hydrogen) atoms. The highest BCUT2D eigenvalue weighted by molar-refractivity contribution is 5.98. The number of rotatable bonds is 7. The van der Waals surface area contributed by atoms with Crippen LogP contribution < -0.4 is 14.9 Å². The predicted molar refractivity (Wildman–Crippen MR) is 138 cm³/mol. The van der Waals surface area contributed by atoms with E-state index in [1.54, 1.807) is 36.0 Å². The first-order chi connectivity index (χ1) is 18.3. The Bertz CT molecular complexity index is 1730. The summed E-state index contributed by atoms with van der Waals surface area (Å²) in [6.45, 7) is 0. The van der Waals surface area contributed by atoms with E-state index >= 15 is 0 Å². The number of hydrogen-bond acceptors (Lipinski definition) is 6. The highest BCUT2D eigenvalue weighted by Crippen LogP contribution is 2.31. The number of nitrogens with zero attached hydrogens (tertiary/aromatic N) is 3. The average Bonchev–Trinajstić information content (AvgIpc) is 2.91. The largest absolute Gasteiger partial charge is 0.495 e. The summed E-state index contributed by atoms with van der Waals surface area (Å²) in [5, 5.41) is 0. The molecule has 0 fully saturated rings. The SMILES string of the molecule is COc1cnc2c(Oc3ccc(CC(=O)c4cn(C)cc(-c5ccc(F)cc5)c4=O)cc3F)ccnc2c1. The van der Waals surface area contributed by atoms with Gasteiger partial charge in [0.2, 0.25) is 0 Å². The van der Waals surface area contributed by atoms with Crippen LogP contribution in [0.5, 0.6) is 17.2 Å². The van der Waals surface area contributed by atoms with E-state index in [1.165, 1.54) is 62.1 Å². The van der Waals surface area contributed by atoms with Gasteiger partial charge in [0.05, 0.1) is 24.4 Å². The van der Waals surface area contributed by atoms with Crippen LogP contribution in [-0.2, 0) is 13.5 Å². The van der Waals surface area contributed by atoms with Crippen LogP contribution in [0.25, 0.3) is 22.2 Å². The van der Waals surface area contributed by atoms with Crippen LogP contribution in [0.4, 0.5) is 8.78 Å². The summed E-state index contributed by atoms with van der Waals surface area (Å²) in [4.78, 5) is 34.6. The Morgan fingerprint density at radius 1 is 0.974 bits per heavy atom. The van der Waals surface area contributed by atoms with Crippen molar-refractivity contribution in [1.82, 2.24) is 14.5 Å². The summed E-state index contributed by atoms with van der Waals surface area (Å²) < 4.78 is 40.8. The molecule has 2 aromatic carbocycles. The molecule has 9 heteroatoms. The molecule has 0 saturated heterocycles. The molecule has 0 N–H and O–H groups in total. The van der Waals surface area contributed by atoms with Crippen LogP contribution in [0.2, 0.25) is 0 Å². The zero-order chi connectivity index (χ0) is 26.8. The van der Waals surface area contributed by atoms with Gasteiger partial charge >= 0.3 is 0 Å². The molecule has 0 aliphatic heterocycles. The van der Waals surface area contributed by atoms with Gasteiger partial charge in [0.15, 0.2) is 28.5 Å². The Hall–Kier alpha value is -4.92. The number of aryl methyl sites for hydroxylation is 1. The molecule has 0 amide bonds. The lowest BCUT2D eigenvalue weighted by atomic mass is 9.99. The summed E-state index contributed by atoms with van der Waals surface area (Å²) >= 11 is 0. The number of fused-ring (bicyclic) bond motifs is 1. The number of ether oxygens (including phenoxy) is 2. The van der Waals surface area contributed by atoms with Crippen LogP contribution in [0.1, 0.15) is 15.9 Å². The fraction of sp³-hybridized carbons (Fsp3) is 0.103. The first-order valence-corrected chi connectivity index (χ1v) is 11.6. The van der Waals surface area contributed by atoms with E-state index in [0.29, 0.717) is 33.7 Å². The molecule has 3 heterocycles. The number of carbonyl (C=O) groups excluding carboxylic acids is 1. The van der Waals surface area contributed by atoms with E-state index in [0.717, 1.165) is 0 Å². The predicted octanol–water partition coefficient (Wildman–Crippen LogP) is 5.50. The topological polar surface area (TPSA) is 83.3 Å². The summed E-state index contributed by atoms with van der Waals surface area (Å²) in [6, 6.07) is 12.9. The highest BCUT2D eigenvalue weighted by atomic mass is 19.1. The molecule has 5 aromatic rings. The Labute approximate surface area is 215 Å². The molecule has 0 radical (unpaired) electrons. The van der Waals surface area contributed by atoms with Crippen molar-refractivity contribution in [2.24, 2.45) is 7.05 Å². The number of pyridine rings is 3. The fourth-order valence-corrected chi connectivity index (χ4v) is 4.06. The smallest absolute Gasteiger partial charge is 0.200 e. The monoisotopic (exact) mass is 513 g/mol. The lowest BCUT2D eigenvalue weighted by molar-refractivity contribution is 0.0991. The van der Waals surface area contributed by atoms with Crippen molar-refractivity contribution in [1.29, 1.82) is 0 Å². The Morgan fingerprint density at radius 3 is 2.50 bits per heavy atom. The van der Waals surface area contributed by atoms with Crippen molar-refractivity contribution < 1.29 is 23.0 Å². The molecule has 0 unspecified atom stereocenters. The van der Waals surface area contributed by atoms with Gasteiger partial charge in [0.1, 0.15) is 17.1 Å². The van der Waals surface area contributed by atoms with E-state index in [9.17, 15) is 18.4 Å². The molecule has 5 rings (SSSR count). The molecule has 0 aliphatic rings. The van der Waals surface area contributed by atoms with Gasteiger partial charge in [-0.15, -0.1) is 0 Å². The number of aromatic nitrogens is 3. The van der Waals surface area contributed by atoms with Crippen LogP contribution in [0, 0.1) is 11.6 Å². The number of carbonyl (C=O) groups is 1. The first kappa shape index (κ1) is 24.8. The molecule has 3 aromatic heterocycles. The molecule has 190 valence electrons. The van der Waals surface area contributed by atoms with Crippen LogP contribution in [-0.4, -0.2) is 27.4 Å². The second-order valence-electron chi connectivity index (χ2n) is 8.61. The molecule has 0 aliphatic carbocycles. The van der Waals surface area contributed by atoms with E-state index in [-0.39, 0.29) is 23.3 Å². The minimum atomic E-state index is -0.679. The number of Topliss-reactive ketones (excluding diaryl/α,β-unsaturated/α-hetero) is 1. The number of methoxy groups -OCH3 is 1. The minimum absolute atomic E-state index is 0.0418. The maximum absolute atomic E-state index is 15.0. The van der Waals surface area contributed by atoms with Crippen molar-refractivity contribution >= 4 is 16.8 Å². The summed E-state index contributed by atoms with van der Waals surface area (Å²) in [7, 11) is 3.20. The zero-order valence-corrected chi connectivity index (χ0v) is 20.4. The van der Waals surface area contributed by atoms with Gasteiger partial charge in [-0.25, -0.2) is 13.8 Å². The van der Waals surface area contributed by atoms with Crippen LogP contribution >= 0.6 is 0 Å². The van der Waals surface area contributed by atoms with Crippen molar-refractivity contribution in [3.05, 3.63) is 112 Å². The van der Waals surface area contributed by atoms with Crippen molar-refractivity contribution in [2.75, 3.05) is 7.11 Å². The summed E-state index contributed by atoms with van der Waals surface area (Å²) in [5.74, 6) is -0.800. The lowest BCUT2D eigenvalue weighted by Gasteiger charge is -2.11. The summed E-state index contributed by atoms with van der Waals surface area (Å²) in [6.07, 6.45) is 5.84. The van der Waals surface area contributed by atoms with E-state index in [1.807, 2.05) is 0 Å². The van der Waals surface area contributed by atoms with Gasteiger partial charge in [-0.05, 0) is 35.4 Å². The van der Waals surface area contributed by atoms with Gasteiger partial charge in [0, 0.05) is 49.8 Å². The van der Waals surface area contributed by atoms with E-state index in [2.05, 4.69) is 9.97 Å². The standard InChI is InChI=1S/C29H21F2N3O4/c1-34-15-21(18-4-6-19(30)7-5-18)29(36)22(16-34)25(35)12-17-3-8-26(23(31)11-17)38-27-9-10-32-24-13-20(37-2)14-33-28(24)27/h3-11,13-16H,12H2,1-2H3. The normalized spacial score (nSPS) is 10.9. The van der Waals surface area contributed by atoms with Gasteiger partial charge in [-0.2, -0.15) is 0 Å². The second kappa shape index (κ2) is 10.2. The number of ketones is 1. The van der Waals surface area contributed by atoms with Crippen LogP contribution in [0.3, 0.4) is 0 Å². The quantitative estimate of drug-likeness (QED) is 0.267. The van der Waals surface area contributed by atoms with Gasteiger partial charge in [-0.1, -0.05) is 18.2 Å². The van der Waals surface area contributed by atoms with Gasteiger partial charge < -0.3 is 14.0 Å². The molecule has 0 spiro atoms. The third-order valence-corrected chi connectivity index (χ3v) is 5.94. The maximum Gasteiger partial charge on any atom is 0.200 e. The van der Waals surface area contributed by atoms with E-state index < -0.39 is 22.8 Å². The molecule has 0 saturated carbocycles. The molecular formula is C29H21F2N3O4. The van der Waals surface area contributed by atoms with Crippen molar-refractivity contribution in [3.63, 3.8) is 0 Å². The Kier molecular flexibility index (Phi) is 6.66. The van der Waals surface area contributed by atoms with Crippen molar-refractivity contribution in [2.45, 2.75) is 6.42 Å². The Morgan fingerprint density at radius 2 is 1.76 bits per heavy atom. The lowest BCUT2D eigenvalue weighted by Crippen LogP contribution is -2.20. The van der Waals surface area contributed by atoms with Crippen molar-refractivity contribution in [3.8, 4) is 28.4 Å². The second-order valence-corrected chi connectivity index (χ2v) is 8.61. The zero-order valence-electron chi connectivity index (χ0n) is 20.4. The average molecular weight is 514 g/mol. The molecule has 0 bridgehead atoms. The maximum atomic E-state index is 15.0. The van der Waals surface area contributed by atoms with Gasteiger partial charge in [-0.3, -0.25) is 14.6 Å². The summed E-state index contributed by atoms with van der Waals surface area (Å²) in [5.41, 5.74) is 1.57. The number of hydrogen-bond donors (Lipinski definition) is 0. The van der Waals surface area contributed by atoms with E-state index in [4.69, 9.17) is 9.47 Å².